The van der Waals surface area contributed by atoms with Gasteiger partial charge >= 0.3 is 37.7 Å². The molecule has 2 N–H and O–H groups in total. The van der Waals surface area contributed by atoms with Gasteiger partial charge in [-0.05, 0) is 5.56 Å². The second kappa shape index (κ2) is 5.78. The molecule has 1 aromatic carbocycles. The molecule has 1 aromatic rings. The van der Waals surface area contributed by atoms with E-state index in [1.54, 1.807) is 6.08 Å². The molecule has 0 fully saturated rings. The fourth-order valence-electron chi connectivity index (χ4n) is 0.811. The molecule has 56 valence electrons. The van der Waals surface area contributed by atoms with Crippen LogP contribution in [0.25, 0.3) is 0 Å². The summed E-state index contributed by atoms with van der Waals surface area (Å²) in [4.78, 5) is 0. The Kier molecular flexibility index (Phi) is 5.88. The van der Waals surface area contributed by atoms with E-state index in [4.69, 9.17) is 5.73 Å². The molecule has 1 unspecified atom stereocenters. The van der Waals surface area contributed by atoms with E-state index in [9.17, 15) is 0 Å². The first-order valence-electron chi connectivity index (χ1n) is 3.27. The van der Waals surface area contributed by atoms with Gasteiger partial charge in [-0.1, -0.05) is 36.4 Å². The van der Waals surface area contributed by atoms with E-state index in [1.807, 2.05) is 30.3 Å². The Bertz CT molecular complexity index is 208. The summed E-state index contributed by atoms with van der Waals surface area (Å²) in [6, 6.07) is 9.87. The van der Waals surface area contributed by atoms with Gasteiger partial charge in [0, 0.05) is 6.04 Å². The molecule has 0 aliphatic rings. The minimum atomic E-state index is -0.0267. The fraction of sp³-hybridized carbons (Fsp3) is 0.111. The van der Waals surface area contributed by atoms with E-state index in [-0.39, 0.29) is 43.8 Å². The first-order valence-corrected chi connectivity index (χ1v) is 3.27. The van der Waals surface area contributed by atoms with E-state index in [0.29, 0.717) is 0 Å². The fourth-order valence-corrected chi connectivity index (χ4v) is 0.811. The molecule has 1 rings (SSSR count). The first kappa shape index (κ1) is 11.2. The zero-order chi connectivity index (χ0) is 7.40. The van der Waals surface area contributed by atoms with E-state index in [1.165, 1.54) is 0 Å². The molecule has 11 heavy (non-hydrogen) atoms. The molecule has 0 amide bonds. The van der Waals surface area contributed by atoms with Crippen molar-refractivity contribution < 1.29 is 0 Å². The molecule has 0 bridgehead atoms. The maximum atomic E-state index is 5.68. The third-order valence-electron chi connectivity index (χ3n) is 1.44. The SMILES string of the molecule is C=CC(N)c1ccccc1.[CaH2]. The molecule has 0 aliphatic carbocycles. The zero-order valence-corrected chi connectivity index (χ0v) is 5.83. The van der Waals surface area contributed by atoms with E-state index in [2.05, 4.69) is 6.58 Å². The molecule has 0 aromatic heterocycles. The second-order valence-corrected chi connectivity index (χ2v) is 2.17. The topological polar surface area (TPSA) is 26.0 Å². The Morgan fingerprint density at radius 2 is 1.82 bits per heavy atom. The van der Waals surface area contributed by atoms with Crippen molar-refractivity contribution in [1.82, 2.24) is 0 Å². The summed E-state index contributed by atoms with van der Waals surface area (Å²) >= 11 is 0. The summed E-state index contributed by atoms with van der Waals surface area (Å²) < 4.78 is 0. The van der Waals surface area contributed by atoms with E-state index < -0.39 is 0 Å². The number of nitrogens with two attached hydrogens (primary N) is 1. The number of hydrogen-bond acceptors (Lipinski definition) is 1. The summed E-state index contributed by atoms with van der Waals surface area (Å²) in [7, 11) is 0. The van der Waals surface area contributed by atoms with Gasteiger partial charge in [0.25, 0.3) is 0 Å². The average Bonchev–Trinajstić information content (AvgIpc) is 2.05. The molecule has 0 radical (unpaired) electrons. The van der Waals surface area contributed by atoms with Crippen LogP contribution in [0.15, 0.2) is 43.0 Å². The predicted octanol–water partition coefficient (Wildman–Crippen LogP) is 0.956. The van der Waals surface area contributed by atoms with Gasteiger partial charge in [0.1, 0.15) is 0 Å². The van der Waals surface area contributed by atoms with Crippen molar-refractivity contribution in [1.29, 1.82) is 0 Å². The van der Waals surface area contributed by atoms with Crippen molar-refractivity contribution in [2.75, 3.05) is 0 Å². The molecule has 0 spiro atoms. The van der Waals surface area contributed by atoms with Gasteiger partial charge in [-0.2, -0.15) is 0 Å². The Balaban J connectivity index is 0.000001000. The minimum absolute atomic E-state index is 0. The molecule has 2 heteroatoms. The van der Waals surface area contributed by atoms with Crippen molar-refractivity contribution in [2.45, 2.75) is 6.04 Å². The molecule has 0 aliphatic heterocycles. The van der Waals surface area contributed by atoms with Gasteiger partial charge in [0.15, 0.2) is 0 Å². The standard InChI is InChI=1S/C9H11N.Ca.2H/c1-2-9(10)8-6-4-3-5-7-8;;;/h2-7,9H,1,10H2;;;. The third-order valence-corrected chi connectivity index (χ3v) is 1.44. The van der Waals surface area contributed by atoms with Crippen molar-refractivity contribution in [3.8, 4) is 0 Å². The zero-order valence-electron chi connectivity index (χ0n) is 5.83. The van der Waals surface area contributed by atoms with Gasteiger partial charge in [-0.25, -0.2) is 0 Å². The van der Waals surface area contributed by atoms with Crippen LogP contribution in [-0.4, -0.2) is 37.7 Å². The molecule has 0 saturated heterocycles. The molecule has 0 saturated carbocycles. The predicted molar refractivity (Wildman–Crippen MR) is 52.1 cm³/mol. The Morgan fingerprint density at radius 1 is 1.27 bits per heavy atom. The van der Waals surface area contributed by atoms with Crippen molar-refractivity contribution in [3.63, 3.8) is 0 Å². The molecule has 1 nitrogen and oxygen atoms in total. The summed E-state index contributed by atoms with van der Waals surface area (Å²) in [6.45, 7) is 3.61. The third kappa shape index (κ3) is 3.39. The molecular weight excluding hydrogens is 162 g/mol. The molecular formula is C9H13CaN. The quantitative estimate of drug-likeness (QED) is 0.526. The Labute approximate surface area is 97.3 Å². The summed E-state index contributed by atoms with van der Waals surface area (Å²) in [6.07, 6.45) is 1.73. The van der Waals surface area contributed by atoms with Crippen LogP contribution in [0.3, 0.4) is 0 Å². The van der Waals surface area contributed by atoms with Crippen molar-refractivity contribution in [3.05, 3.63) is 48.6 Å². The normalized spacial score (nSPS) is 11.4. The summed E-state index contributed by atoms with van der Waals surface area (Å²) in [5, 5.41) is 0. The van der Waals surface area contributed by atoms with Gasteiger partial charge in [-0.3, -0.25) is 0 Å². The van der Waals surface area contributed by atoms with Crippen LogP contribution in [0.4, 0.5) is 0 Å². The van der Waals surface area contributed by atoms with Crippen LogP contribution < -0.4 is 5.73 Å². The van der Waals surface area contributed by atoms with Gasteiger partial charge < -0.3 is 5.73 Å². The molecule has 0 heterocycles. The number of rotatable bonds is 2. The van der Waals surface area contributed by atoms with E-state index >= 15 is 0 Å². The van der Waals surface area contributed by atoms with E-state index in [0.717, 1.165) is 5.56 Å². The van der Waals surface area contributed by atoms with Gasteiger partial charge in [0.05, 0.1) is 0 Å². The Morgan fingerprint density at radius 3 is 2.27 bits per heavy atom. The van der Waals surface area contributed by atoms with Gasteiger partial charge in [-0.15, -0.1) is 6.58 Å². The first-order chi connectivity index (χ1) is 4.84. The van der Waals surface area contributed by atoms with Crippen LogP contribution in [0.2, 0.25) is 0 Å². The summed E-state index contributed by atoms with van der Waals surface area (Å²) in [5.41, 5.74) is 6.79. The van der Waals surface area contributed by atoms with Crippen molar-refractivity contribution in [2.24, 2.45) is 5.73 Å². The number of hydrogen-bond donors (Lipinski definition) is 1. The van der Waals surface area contributed by atoms with Crippen molar-refractivity contribution >= 4 is 37.7 Å². The second-order valence-electron chi connectivity index (χ2n) is 2.17. The monoisotopic (exact) mass is 175 g/mol. The van der Waals surface area contributed by atoms with Crippen LogP contribution in [0.1, 0.15) is 11.6 Å². The van der Waals surface area contributed by atoms with Crippen LogP contribution >= 0.6 is 0 Å². The average molecular weight is 175 g/mol. The Hall–Kier alpha value is 0.180. The molecule has 1 atom stereocenters. The van der Waals surface area contributed by atoms with Gasteiger partial charge in [0.2, 0.25) is 0 Å². The van der Waals surface area contributed by atoms with Crippen LogP contribution in [0.5, 0.6) is 0 Å². The maximum absolute atomic E-state index is 5.68. The van der Waals surface area contributed by atoms with Crippen LogP contribution in [0, 0.1) is 0 Å². The number of benzene rings is 1. The summed E-state index contributed by atoms with van der Waals surface area (Å²) in [5.74, 6) is 0. The van der Waals surface area contributed by atoms with Crippen LogP contribution in [-0.2, 0) is 0 Å².